The molecule has 2 aromatic heterocycles. The Hall–Kier alpha value is -1.98. The molecule has 3 rings (SSSR count). The lowest BCUT2D eigenvalue weighted by Crippen LogP contribution is -2.17. The van der Waals surface area contributed by atoms with Gasteiger partial charge < -0.3 is 15.8 Å². The molecule has 0 spiro atoms. The first-order valence-corrected chi connectivity index (χ1v) is 6.23. The van der Waals surface area contributed by atoms with E-state index in [2.05, 4.69) is 15.4 Å². The van der Waals surface area contributed by atoms with E-state index in [4.69, 9.17) is 10.5 Å². The Kier molecular flexibility index (Phi) is 2.70. The molecule has 1 saturated carbocycles. The van der Waals surface area contributed by atoms with Gasteiger partial charge in [-0.05, 0) is 25.0 Å². The average molecular weight is 247 g/mol. The zero-order valence-corrected chi connectivity index (χ0v) is 10.4. The molecule has 0 unspecified atom stereocenters. The summed E-state index contributed by atoms with van der Waals surface area (Å²) in [5.41, 5.74) is 6.32. The molecule has 6 nitrogen and oxygen atoms in total. The van der Waals surface area contributed by atoms with Crippen LogP contribution in [-0.4, -0.2) is 27.7 Å². The highest BCUT2D eigenvalue weighted by Gasteiger charge is 2.17. The van der Waals surface area contributed by atoms with E-state index in [0.717, 1.165) is 5.82 Å². The summed E-state index contributed by atoms with van der Waals surface area (Å²) in [6.45, 7) is 0. The number of rotatable bonds is 3. The van der Waals surface area contributed by atoms with E-state index in [1.165, 1.54) is 25.7 Å². The zero-order chi connectivity index (χ0) is 12.5. The molecule has 0 amide bonds. The van der Waals surface area contributed by atoms with E-state index in [1.54, 1.807) is 11.6 Å². The van der Waals surface area contributed by atoms with E-state index >= 15 is 0 Å². The van der Waals surface area contributed by atoms with Gasteiger partial charge in [0.2, 0.25) is 11.6 Å². The molecule has 2 aromatic rings. The Bertz CT molecular complexity index is 559. The van der Waals surface area contributed by atoms with Crippen molar-refractivity contribution in [3.63, 3.8) is 0 Å². The Labute approximate surface area is 105 Å². The molecule has 1 fully saturated rings. The lowest BCUT2D eigenvalue weighted by Gasteiger charge is -2.14. The Morgan fingerprint density at radius 1 is 1.39 bits per heavy atom. The largest absolute Gasteiger partial charge is 0.493 e. The number of fused-ring (bicyclic) bond motifs is 1. The molecule has 2 heterocycles. The second-order valence-electron chi connectivity index (χ2n) is 4.62. The Morgan fingerprint density at radius 2 is 2.17 bits per heavy atom. The monoisotopic (exact) mass is 247 g/mol. The molecule has 0 saturated heterocycles. The lowest BCUT2D eigenvalue weighted by atomic mass is 10.2. The number of nitrogens with two attached hydrogens (primary N) is 1. The van der Waals surface area contributed by atoms with E-state index < -0.39 is 0 Å². The van der Waals surface area contributed by atoms with Crippen LogP contribution in [0.15, 0.2) is 12.1 Å². The molecule has 1 aliphatic rings. The standard InChI is InChI=1S/C12H17N5O/c1-18-9-6-7-10(14-8-4-2-3-5-8)17-11(9)15-12(13)16-17/h6-8,14H,2-5H2,1H3,(H2,13,16). The van der Waals surface area contributed by atoms with E-state index in [-0.39, 0.29) is 5.95 Å². The highest BCUT2D eigenvalue weighted by atomic mass is 16.5. The van der Waals surface area contributed by atoms with Gasteiger partial charge in [-0.25, -0.2) is 0 Å². The van der Waals surface area contributed by atoms with Crippen molar-refractivity contribution in [1.82, 2.24) is 14.6 Å². The van der Waals surface area contributed by atoms with Crippen LogP contribution in [0.2, 0.25) is 0 Å². The SMILES string of the molecule is COc1ccc(NC2CCCC2)n2nc(N)nc12. The first-order chi connectivity index (χ1) is 8.78. The molecule has 0 radical (unpaired) electrons. The Balaban J connectivity index is 2.00. The summed E-state index contributed by atoms with van der Waals surface area (Å²) in [4.78, 5) is 4.18. The van der Waals surface area contributed by atoms with Crippen molar-refractivity contribution in [2.24, 2.45) is 0 Å². The summed E-state index contributed by atoms with van der Waals surface area (Å²) in [6.07, 6.45) is 4.99. The fourth-order valence-corrected chi connectivity index (χ4v) is 2.50. The van der Waals surface area contributed by atoms with Gasteiger partial charge in [0.1, 0.15) is 5.82 Å². The minimum absolute atomic E-state index is 0.258. The van der Waals surface area contributed by atoms with Gasteiger partial charge in [0.05, 0.1) is 7.11 Å². The number of anilines is 2. The molecule has 0 bridgehead atoms. The molecule has 96 valence electrons. The summed E-state index contributed by atoms with van der Waals surface area (Å²) in [7, 11) is 1.62. The average Bonchev–Trinajstić information content (AvgIpc) is 2.98. The quantitative estimate of drug-likeness (QED) is 0.862. The third kappa shape index (κ3) is 1.83. The third-order valence-corrected chi connectivity index (χ3v) is 3.39. The molecule has 18 heavy (non-hydrogen) atoms. The first kappa shape index (κ1) is 11.1. The second kappa shape index (κ2) is 4.36. The number of pyridine rings is 1. The van der Waals surface area contributed by atoms with Crippen molar-refractivity contribution in [3.05, 3.63) is 12.1 Å². The molecular weight excluding hydrogens is 230 g/mol. The van der Waals surface area contributed by atoms with Gasteiger partial charge in [0, 0.05) is 6.04 Å². The van der Waals surface area contributed by atoms with Crippen molar-refractivity contribution in [1.29, 1.82) is 0 Å². The molecule has 0 aliphatic heterocycles. The van der Waals surface area contributed by atoms with Gasteiger partial charge in [-0.3, -0.25) is 0 Å². The normalized spacial score (nSPS) is 16.3. The number of nitrogens with one attached hydrogen (secondary N) is 1. The predicted molar refractivity (Wildman–Crippen MR) is 69.8 cm³/mol. The number of hydrogen-bond acceptors (Lipinski definition) is 5. The van der Waals surface area contributed by atoms with Crippen LogP contribution in [-0.2, 0) is 0 Å². The third-order valence-electron chi connectivity index (χ3n) is 3.39. The maximum absolute atomic E-state index is 5.66. The topological polar surface area (TPSA) is 77.5 Å². The molecule has 3 N–H and O–H groups in total. The van der Waals surface area contributed by atoms with Crippen LogP contribution in [0.3, 0.4) is 0 Å². The number of methoxy groups -OCH3 is 1. The minimum Gasteiger partial charge on any atom is -0.493 e. The summed E-state index contributed by atoms with van der Waals surface area (Å²) >= 11 is 0. The van der Waals surface area contributed by atoms with Crippen molar-refractivity contribution >= 4 is 17.4 Å². The summed E-state index contributed by atoms with van der Waals surface area (Å²) in [5, 5.41) is 7.70. The highest BCUT2D eigenvalue weighted by Crippen LogP contribution is 2.26. The van der Waals surface area contributed by atoms with Crippen molar-refractivity contribution in [3.8, 4) is 5.75 Å². The fraction of sp³-hybridized carbons (Fsp3) is 0.500. The maximum atomic E-state index is 5.66. The number of aromatic nitrogens is 3. The van der Waals surface area contributed by atoms with E-state index in [9.17, 15) is 0 Å². The molecule has 0 atom stereocenters. The molecule has 6 heteroatoms. The summed E-state index contributed by atoms with van der Waals surface area (Å²) in [6, 6.07) is 4.37. The zero-order valence-electron chi connectivity index (χ0n) is 10.4. The van der Waals surface area contributed by atoms with Crippen molar-refractivity contribution in [2.45, 2.75) is 31.7 Å². The number of nitrogens with zero attached hydrogens (tertiary/aromatic N) is 3. The fourth-order valence-electron chi connectivity index (χ4n) is 2.50. The minimum atomic E-state index is 0.258. The van der Waals surface area contributed by atoms with Gasteiger partial charge in [-0.2, -0.15) is 9.50 Å². The smallest absolute Gasteiger partial charge is 0.240 e. The van der Waals surface area contributed by atoms with Crippen molar-refractivity contribution < 1.29 is 4.74 Å². The number of hydrogen-bond donors (Lipinski definition) is 2. The maximum Gasteiger partial charge on any atom is 0.240 e. The first-order valence-electron chi connectivity index (χ1n) is 6.23. The number of nitrogen functional groups attached to an aromatic ring is 1. The van der Waals surface area contributed by atoms with Crippen molar-refractivity contribution in [2.75, 3.05) is 18.2 Å². The van der Waals surface area contributed by atoms with Crippen LogP contribution < -0.4 is 15.8 Å². The highest BCUT2D eigenvalue weighted by molar-refractivity contribution is 5.61. The molecular formula is C12H17N5O. The summed E-state index contributed by atoms with van der Waals surface area (Å²) < 4.78 is 6.97. The summed E-state index contributed by atoms with van der Waals surface area (Å²) in [5.74, 6) is 1.85. The molecule has 0 aromatic carbocycles. The van der Waals surface area contributed by atoms with Gasteiger partial charge in [-0.1, -0.05) is 12.8 Å². The Morgan fingerprint density at radius 3 is 2.89 bits per heavy atom. The van der Waals surface area contributed by atoms with Crippen LogP contribution in [0.1, 0.15) is 25.7 Å². The van der Waals surface area contributed by atoms with Crippen LogP contribution in [0.4, 0.5) is 11.8 Å². The molecule has 1 aliphatic carbocycles. The second-order valence-corrected chi connectivity index (χ2v) is 4.62. The predicted octanol–water partition coefficient (Wildman–Crippen LogP) is 1.67. The van der Waals surface area contributed by atoms with Gasteiger partial charge >= 0.3 is 0 Å². The lowest BCUT2D eigenvalue weighted by molar-refractivity contribution is 0.416. The van der Waals surface area contributed by atoms with Crippen LogP contribution in [0, 0.1) is 0 Å². The van der Waals surface area contributed by atoms with Gasteiger partial charge in [-0.15, -0.1) is 5.10 Å². The van der Waals surface area contributed by atoms with Crippen LogP contribution in [0.25, 0.3) is 5.65 Å². The van der Waals surface area contributed by atoms with Crippen LogP contribution in [0.5, 0.6) is 5.75 Å². The van der Waals surface area contributed by atoms with Gasteiger partial charge in [0.15, 0.2) is 5.75 Å². The number of ether oxygens (including phenoxy) is 1. The van der Waals surface area contributed by atoms with E-state index in [1.807, 2.05) is 12.1 Å². The van der Waals surface area contributed by atoms with Crippen LogP contribution >= 0.6 is 0 Å². The van der Waals surface area contributed by atoms with E-state index in [0.29, 0.717) is 17.4 Å². The van der Waals surface area contributed by atoms with Gasteiger partial charge in [0.25, 0.3) is 0 Å².